The summed E-state index contributed by atoms with van der Waals surface area (Å²) in [6.45, 7) is 2.00. The van der Waals surface area contributed by atoms with Crippen LogP contribution in [0.25, 0.3) is 10.8 Å². The number of hydrogen-bond donors (Lipinski definition) is 2. The summed E-state index contributed by atoms with van der Waals surface area (Å²) in [7, 11) is 0. The average Bonchev–Trinajstić information content (AvgIpc) is 3.39. The third-order valence-electron chi connectivity index (χ3n) is 4.45. The van der Waals surface area contributed by atoms with Gasteiger partial charge in [-0.15, -0.1) is 0 Å². The molecular weight excluding hydrogens is 338 g/mol. The number of pyridine rings is 1. The van der Waals surface area contributed by atoms with Gasteiger partial charge in [-0.25, -0.2) is 4.98 Å². The molecule has 6 nitrogen and oxygen atoms in total. The summed E-state index contributed by atoms with van der Waals surface area (Å²) < 4.78 is 1.87. The van der Waals surface area contributed by atoms with Gasteiger partial charge in [-0.3, -0.25) is 4.79 Å². The molecule has 0 aliphatic heterocycles. The van der Waals surface area contributed by atoms with Gasteiger partial charge in [0, 0.05) is 17.9 Å². The number of nitrogen functional groups attached to an aromatic ring is 1. The number of benzene rings is 1. The number of nitrogens with two attached hydrogens (primary N) is 1. The number of aromatic nitrogens is 3. The fourth-order valence-electron chi connectivity index (χ4n) is 3.15. The largest absolute Gasteiger partial charge is 0.368 e. The second-order valence-corrected chi connectivity index (χ2v) is 6.75. The van der Waals surface area contributed by atoms with Crippen LogP contribution in [0, 0.1) is 0 Å². The molecule has 0 spiro atoms. The molecule has 7 heteroatoms. The summed E-state index contributed by atoms with van der Waals surface area (Å²) >= 11 is 6.28. The van der Waals surface area contributed by atoms with Gasteiger partial charge in [0.1, 0.15) is 5.82 Å². The van der Waals surface area contributed by atoms with Gasteiger partial charge in [0.25, 0.3) is 5.56 Å². The quantitative estimate of drug-likeness (QED) is 0.747. The molecule has 128 valence electrons. The Morgan fingerprint density at radius 3 is 2.88 bits per heavy atom. The maximum atomic E-state index is 13.1. The minimum absolute atomic E-state index is 0.0311. The van der Waals surface area contributed by atoms with Crippen LogP contribution >= 0.6 is 11.6 Å². The van der Waals surface area contributed by atoms with Gasteiger partial charge in [-0.2, -0.15) is 4.98 Å². The Hall–Kier alpha value is -2.60. The second kappa shape index (κ2) is 6.04. The van der Waals surface area contributed by atoms with Crippen molar-refractivity contribution in [2.75, 3.05) is 11.1 Å². The maximum absolute atomic E-state index is 13.1. The summed E-state index contributed by atoms with van der Waals surface area (Å²) in [6, 6.07) is 9.44. The predicted octanol–water partition coefficient (Wildman–Crippen LogP) is 3.54. The normalized spacial score (nSPS) is 15.3. The van der Waals surface area contributed by atoms with Crippen LogP contribution in [-0.4, -0.2) is 14.5 Å². The zero-order valence-corrected chi connectivity index (χ0v) is 14.5. The Balaban J connectivity index is 1.83. The lowest BCUT2D eigenvalue weighted by atomic mass is 10.1. The standard InChI is InChI=1S/C18H18ClN5O/c1-10(22-15-7-8-21-18(20)23-15)14-9-11-3-2-4-13(19)16(11)17(25)24(14)12-5-6-12/h2-4,7-10,12H,5-6H2,1H3,(H3,20,21,22,23)/t10-/m0/s1. The van der Waals surface area contributed by atoms with Gasteiger partial charge < -0.3 is 15.6 Å². The summed E-state index contributed by atoms with van der Waals surface area (Å²) in [5.41, 5.74) is 6.53. The van der Waals surface area contributed by atoms with E-state index in [1.165, 1.54) is 0 Å². The molecule has 1 atom stereocenters. The number of halogens is 1. The van der Waals surface area contributed by atoms with Crippen LogP contribution in [0.15, 0.2) is 41.3 Å². The van der Waals surface area contributed by atoms with E-state index in [0.717, 1.165) is 23.9 Å². The van der Waals surface area contributed by atoms with Crippen molar-refractivity contribution in [1.29, 1.82) is 0 Å². The molecular formula is C18H18ClN5O. The Bertz CT molecular complexity index is 1010. The molecule has 1 aliphatic rings. The molecule has 3 aromatic rings. The first-order valence-corrected chi connectivity index (χ1v) is 8.61. The molecule has 2 heterocycles. The van der Waals surface area contributed by atoms with Crippen molar-refractivity contribution >= 4 is 34.1 Å². The Kier molecular flexibility index (Phi) is 3.84. The third kappa shape index (κ3) is 2.93. The van der Waals surface area contributed by atoms with Crippen LogP contribution in [0.1, 0.15) is 37.5 Å². The van der Waals surface area contributed by atoms with Crippen molar-refractivity contribution in [2.24, 2.45) is 0 Å². The van der Waals surface area contributed by atoms with Crippen LogP contribution in [0.5, 0.6) is 0 Å². The molecule has 1 aliphatic carbocycles. The van der Waals surface area contributed by atoms with E-state index in [1.807, 2.05) is 29.7 Å². The van der Waals surface area contributed by atoms with Crippen molar-refractivity contribution < 1.29 is 0 Å². The van der Waals surface area contributed by atoms with Gasteiger partial charge in [0.05, 0.1) is 16.5 Å². The van der Waals surface area contributed by atoms with E-state index in [4.69, 9.17) is 17.3 Å². The highest BCUT2D eigenvalue weighted by atomic mass is 35.5. The molecule has 4 rings (SSSR count). The van der Waals surface area contributed by atoms with Crippen LogP contribution in [-0.2, 0) is 0 Å². The number of rotatable bonds is 4. The highest BCUT2D eigenvalue weighted by molar-refractivity contribution is 6.35. The number of anilines is 2. The van der Waals surface area contributed by atoms with Crippen molar-refractivity contribution in [3.05, 3.63) is 57.6 Å². The number of hydrogen-bond acceptors (Lipinski definition) is 5. The van der Waals surface area contributed by atoms with Crippen molar-refractivity contribution in [3.8, 4) is 0 Å². The zero-order valence-electron chi connectivity index (χ0n) is 13.7. The summed E-state index contributed by atoms with van der Waals surface area (Å²) in [5, 5.41) is 5.23. The fourth-order valence-corrected chi connectivity index (χ4v) is 3.41. The molecule has 1 fully saturated rings. The fraction of sp³-hybridized carbons (Fsp3) is 0.278. The van der Waals surface area contributed by atoms with E-state index < -0.39 is 0 Å². The van der Waals surface area contributed by atoms with Gasteiger partial charge in [-0.05, 0) is 43.4 Å². The molecule has 1 saturated carbocycles. The van der Waals surface area contributed by atoms with Gasteiger partial charge in [-0.1, -0.05) is 23.7 Å². The van der Waals surface area contributed by atoms with Crippen molar-refractivity contribution in [2.45, 2.75) is 31.8 Å². The van der Waals surface area contributed by atoms with Gasteiger partial charge in [0.2, 0.25) is 5.95 Å². The SMILES string of the molecule is C[C@H](Nc1ccnc(N)n1)c1cc2cccc(Cl)c2c(=O)n1C1CC1. The van der Waals surface area contributed by atoms with Crippen LogP contribution < -0.4 is 16.6 Å². The molecule has 25 heavy (non-hydrogen) atoms. The molecule has 0 radical (unpaired) electrons. The highest BCUT2D eigenvalue weighted by Crippen LogP contribution is 2.37. The van der Waals surface area contributed by atoms with E-state index >= 15 is 0 Å². The second-order valence-electron chi connectivity index (χ2n) is 6.35. The van der Waals surface area contributed by atoms with Crippen molar-refractivity contribution in [1.82, 2.24) is 14.5 Å². The third-order valence-corrected chi connectivity index (χ3v) is 4.77. The first-order chi connectivity index (χ1) is 12.0. The van der Waals surface area contributed by atoms with Gasteiger partial charge in [0.15, 0.2) is 0 Å². The van der Waals surface area contributed by atoms with Gasteiger partial charge >= 0.3 is 0 Å². The minimum atomic E-state index is -0.119. The Morgan fingerprint density at radius 1 is 1.36 bits per heavy atom. The first-order valence-electron chi connectivity index (χ1n) is 8.23. The number of fused-ring (bicyclic) bond motifs is 1. The molecule has 3 N–H and O–H groups in total. The lowest BCUT2D eigenvalue weighted by Crippen LogP contribution is -2.26. The highest BCUT2D eigenvalue weighted by Gasteiger charge is 2.29. The predicted molar refractivity (Wildman–Crippen MR) is 100.0 cm³/mol. The lowest BCUT2D eigenvalue weighted by molar-refractivity contribution is 0.636. The van der Waals surface area contributed by atoms with E-state index in [0.29, 0.717) is 16.2 Å². The number of nitrogens with one attached hydrogen (secondary N) is 1. The molecule has 0 amide bonds. The minimum Gasteiger partial charge on any atom is -0.368 e. The zero-order chi connectivity index (χ0) is 17.6. The van der Waals surface area contributed by atoms with Crippen LogP contribution in [0.4, 0.5) is 11.8 Å². The lowest BCUT2D eigenvalue weighted by Gasteiger charge is -2.21. The molecule has 0 saturated heterocycles. The molecule has 2 aromatic heterocycles. The summed E-state index contributed by atoms with van der Waals surface area (Å²) in [6.07, 6.45) is 3.62. The van der Waals surface area contributed by atoms with Crippen LogP contribution in [0.2, 0.25) is 5.02 Å². The summed E-state index contributed by atoms with van der Waals surface area (Å²) in [5.74, 6) is 0.836. The van der Waals surface area contributed by atoms with E-state index in [2.05, 4.69) is 15.3 Å². The van der Waals surface area contributed by atoms with Crippen LogP contribution in [0.3, 0.4) is 0 Å². The topological polar surface area (TPSA) is 85.8 Å². The molecule has 0 unspecified atom stereocenters. The monoisotopic (exact) mass is 355 g/mol. The van der Waals surface area contributed by atoms with E-state index in [9.17, 15) is 4.79 Å². The number of nitrogens with zero attached hydrogens (tertiary/aromatic N) is 3. The molecule has 1 aromatic carbocycles. The first kappa shape index (κ1) is 15.9. The molecule has 0 bridgehead atoms. The van der Waals surface area contributed by atoms with E-state index in [1.54, 1.807) is 18.3 Å². The average molecular weight is 356 g/mol. The summed E-state index contributed by atoms with van der Waals surface area (Å²) in [4.78, 5) is 21.1. The maximum Gasteiger partial charge on any atom is 0.260 e. The van der Waals surface area contributed by atoms with Crippen molar-refractivity contribution in [3.63, 3.8) is 0 Å². The Labute approximate surface area is 149 Å². The Morgan fingerprint density at radius 2 is 2.16 bits per heavy atom. The smallest absolute Gasteiger partial charge is 0.260 e. The van der Waals surface area contributed by atoms with E-state index in [-0.39, 0.29) is 23.6 Å².